The molecule has 0 atom stereocenters. The molecule has 18 heavy (non-hydrogen) atoms. The number of imidazole rings is 1. The number of aliphatic imine (C=N–C) groups is 1. The highest BCUT2D eigenvalue weighted by Crippen LogP contribution is 2.10. The molecule has 5 nitrogen and oxygen atoms in total. The minimum Gasteiger partial charge on any atom is -0.369 e. The van der Waals surface area contributed by atoms with Gasteiger partial charge in [-0.2, -0.15) is 0 Å². The van der Waals surface area contributed by atoms with Gasteiger partial charge in [0.25, 0.3) is 0 Å². The lowest BCUT2D eigenvalue weighted by molar-refractivity contribution is 0.469. The van der Waals surface area contributed by atoms with Gasteiger partial charge >= 0.3 is 0 Å². The number of hydrogen-bond donors (Lipinski definition) is 1. The smallest absolute Gasteiger partial charge is 0.196 e. The largest absolute Gasteiger partial charge is 0.369 e. The first-order valence-corrected chi connectivity index (χ1v) is 5.73. The molecule has 0 radical (unpaired) electrons. The predicted octanol–water partition coefficient (Wildman–Crippen LogP) is 1.50. The number of nitrogens with zero attached hydrogens (tertiary/aromatic N) is 4. The van der Waals surface area contributed by atoms with E-state index in [1.807, 2.05) is 60.1 Å². The van der Waals surface area contributed by atoms with Gasteiger partial charge in [0.1, 0.15) is 5.82 Å². The SMILES string of the molecule is CN(Cc1nccn1C)C(N)=Nc1ccccc1. The van der Waals surface area contributed by atoms with E-state index in [4.69, 9.17) is 5.73 Å². The third kappa shape index (κ3) is 2.88. The molecular weight excluding hydrogens is 226 g/mol. The number of benzene rings is 1. The fourth-order valence-electron chi connectivity index (χ4n) is 1.56. The van der Waals surface area contributed by atoms with Crippen LogP contribution in [0.25, 0.3) is 0 Å². The van der Waals surface area contributed by atoms with Gasteiger partial charge in [0, 0.05) is 26.5 Å². The van der Waals surface area contributed by atoms with E-state index in [-0.39, 0.29) is 0 Å². The number of rotatable bonds is 3. The van der Waals surface area contributed by atoms with Gasteiger partial charge in [-0.25, -0.2) is 9.98 Å². The Morgan fingerprint density at radius 3 is 2.72 bits per heavy atom. The first-order valence-electron chi connectivity index (χ1n) is 5.73. The first kappa shape index (κ1) is 12.2. The molecule has 0 saturated carbocycles. The molecule has 0 aliphatic heterocycles. The number of hydrogen-bond acceptors (Lipinski definition) is 2. The summed E-state index contributed by atoms with van der Waals surface area (Å²) < 4.78 is 1.96. The zero-order valence-electron chi connectivity index (χ0n) is 10.6. The lowest BCUT2D eigenvalue weighted by Crippen LogP contribution is -2.33. The number of aromatic nitrogens is 2. The maximum absolute atomic E-state index is 5.95. The van der Waals surface area contributed by atoms with E-state index in [1.165, 1.54) is 0 Å². The molecule has 0 aliphatic rings. The van der Waals surface area contributed by atoms with Crippen LogP contribution >= 0.6 is 0 Å². The highest BCUT2D eigenvalue weighted by molar-refractivity contribution is 5.80. The number of nitrogens with two attached hydrogens (primary N) is 1. The summed E-state index contributed by atoms with van der Waals surface area (Å²) in [5.41, 5.74) is 6.80. The standard InChI is InChI=1S/C13H17N5/c1-17-9-8-15-12(17)10-18(2)13(14)16-11-6-4-3-5-7-11/h3-9H,10H2,1-2H3,(H2,14,16). The summed E-state index contributed by atoms with van der Waals surface area (Å²) in [5.74, 6) is 1.42. The second-order valence-corrected chi connectivity index (χ2v) is 4.12. The summed E-state index contributed by atoms with van der Waals surface area (Å²) in [4.78, 5) is 10.5. The molecule has 0 aliphatic carbocycles. The lowest BCUT2D eigenvalue weighted by atomic mass is 10.3. The molecule has 0 fully saturated rings. The van der Waals surface area contributed by atoms with Gasteiger partial charge < -0.3 is 15.2 Å². The normalized spacial score (nSPS) is 11.6. The van der Waals surface area contributed by atoms with Crippen LogP contribution in [0.4, 0.5) is 5.69 Å². The highest BCUT2D eigenvalue weighted by atomic mass is 15.2. The highest BCUT2D eigenvalue weighted by Gasteiger charge is 2.06. The van der Waals surface area contributed by atoms with E-state index >= 15 is 0 Å². The molecule has 2 rings (SSSR count). The lowest BCUT2D eigenvalue weighted by Gasteiger charge is -2.17. The van der Waals surface area contributed by atoms with E-state index in [0.717, 1.165) is 11.5 Å². The summed E-state index contributed by atoms with van der Waals surface area (Å²) in [5, 5.41) is 0. The average Bonchev–Trinajstić information content (AvgIpc) is 2.76. The molecule has 2 N–H and O–H groups in total. The Balaban J connectivity index is 2.07. The van der Waals surface area contributed by atoms with Crippen molar-refractivity contribution in [2.24, 2.45) is 17.8 Å². The van der Waals surface area contributed by atoms with Gasteiger partial charge in [-0.3, -0.25) is 0 Å². The Morgan fingerprint density at radius 2 is 2.11 bits per heavy atom. The van der Waals surface area contributed by atoms with Crippen molar-refractivity contribution in [1.82, 2.24) is 14.5 Å². The summed E-state index contributed by atoms with van der Waals surface area (Å²) in [6.07, 6.45) is 3.68. The molecule has 0 unspecified atom stereocenters. The van der Waals surface area contributed by atoms with Crippen molar-refractivity contribution >= 4 is 11.6 Å². The number of aryl methyl sites for hydroxylation is 1. The fraction of sp³-hybridized carbons (Fsp3) is 0.231. The third-order valence-corrected chi connectivity index (χ3v) is 2.69. The Kier molecular flexibility index (Phi) is 3.62. The van der Waals surface area contributed by atoms with Gasteiger partial charge in [-0.15, -0.1) is 0 Å². The van der Waals surface area contributed by atoms with Crippen LogP contribution in [0.5, 0.6) is 0 Å². The zero-order valence-corrected chi connectivity index (χ0v) is 10.6. The molecule has 1 heterocycles. The summed E-state index contributed by atoms with van der Waals surface area (Å²) >= 11 is 0. The van der Waals surface area contributed by atoms with E-state index in [9.17, 15) is 0 Å². The van der Waals surface area contributed by atoms with Crippen molar-refractivity contribution in [2.45, 2.75) is 6.54 Å². The molecule has 0 amide bonds. The summed E-state index contributed by atoms with van der Waals surface area (Å²) in [7, 11) is 3.86. The Hall–Kier alpha value is -2.30. The van der Waals surface area contributed by atoms with Crippen LogP contribution in [-0.2, 0) is 13.6 Å². The number of guanidine groups is 1. The van der Waals surface area contributed by atoms with Crippen LogP contribution in [0.2, 0.25) is 0 Å². The Labute approximate surface area is 107 Å². The predicted molar refractivity (Wildman–Crippen MR) is 72.4 cm³/mol. The van der Waals surface area contributed by atoms with Gasteiger partial charge in [0.15, 0.2) is 5.96 Å². The topological polar surface area (TPSA) is 59.4 Å². The molecule has 2 aromatic rings. The quantitative estimate of drug-likeness (QED) is 0.656. The third-order valence-electron chi connectivity index (χ3n) is 2.69. The van der Waals surface area contributed by atoms with Crippen LogP contribution in [0.1, 0.15) is 5.82 Å². The molecular formula is C13H17N5. The van der Waals surface area contributed by atoms with Crippen molar-refractivity contribution in [3.63, 3.8) is 0 Å². The molecule has 0 bridgehead atoms. The molecule has 94 valence electrons. The van der Waals surface area contributed by atoms with Crippen LogP contribution < -0.4 is 5.73 Å². The van der Waals surface area contributed by atoms with Crippen molar-refractivity contribution in [3.8, 4) is 0 Å². The van der Waals surface area contributed by atoms with Crippen molar-refractivity contribution in [1.29, 1.82) is 0 Å². The van der Waals surface area contributed by atoms with Crippen LogP contribution in [-0.4, -0.2) is 27.5 Å². The second-order valence-electron chi connectivity index (χ2n) is 4.12. The Bertz CT molecular complexity index is 529. The first-order chi connectivity index (χ1) is 8.66. The molecule has 1 aromatic heterocycles. The van der Waals surface area contributed by atoms with Gasteiger partial charge in [-0.1, -0.05) is 18.2 Å². The van der Waals surface area contributed by atoms with Gasteiger partial charge in [0.2, 0.25) is 0 Å². The van der Waals surface area contributed by atoms with E-state index < -0.39 is 0 Å². The van der Waals surface area contributed by atoms with Gasteiger partial charge in [0.05, 0.1) is 12.2 Å². The minimum absolute atomic E-state index is 0.476. The van der Waals surface area contributed by atoms with Crippen LogP contribution in [0, 0.1) is 0 Å². The van der Waals surface area contributed by atoms with Crippen LogP contribution in [0.3, 0.4) is 0 Å². The Morgan fingerprint density at radius 1 is 1.39 bits per heavy atom. The molecule has 0 saturated heterocycles. The maximum atomic E-state index is 5.95. The summed E-state index contributed by atoms with van der Waals surface area (Å²) in [6, 6.07) is 9.66. The second kappa shape index (κ2) is 5.35. The molecule has 5 heteroatoms. The summed E-state index contributed by atoms with van der Waals surface area (Å²) in [6.45, 7) is 0.631. The monoisotopic (exact) mass is 243 g/mol. The fourth-order valence-corrected chi connectivity index (χ4v) is 1.56. The molecule has 0 spiro atoms. The average molecular weight is 243 g/mol. The van der Waals surface area contributed by atoms with E-state index in [2.05, 4.69) is 9.98 Å². The van der Waals surface area contributed by atoms with Crippen molar-refractivity contribution in [3.05, 3.63) is 48.5 Å². The van der Waals surface area contributed by atoms with E-state index in [0.29, 0.717) is 12.5 Å². The number of para-hydroxylation sites is 1. The zero-order chi connectivity index (χ0) is 13.0. The molecule has 1 aromatic carbocycles. The van der Waals surface area contributed by atoms with E-state index in [1.54, 1.807) is 6.20 Å². The van der Waals surface area contributed by atoms with Gasteiger partial charge in [-0.05, 0) is 12.1 Å². The van der Waals surface area contributed by atoms with Crippen molar-refractivity contribution < 1.29 is 0 Å². The van der Waals surface area contributed by atoms with Crippen molar-refractivity contribution in [2.75, 3.05) is 7.05 Å². The minimum atomic E-state index is 0.476. The van der Waals surface area contributed by atoms with Crippen LogP contribution in [0.15, 0.2) is 47.7 Å². The maximum Gasteiger partial charge on any atom is 0.196 e.